The summed E-state index contributed by atoms with van der Waals surface area (Å²) >= 11 is 0. The minimum absolute atomic E-state index is 0.0345. The second-order valence-corrected chi connectivity index (χ2v) is 4.97. The number of carbonyl (C=O) groups is 2. The zero-order chi connectivity index (χ0) is 12.7. The van der Waals surface area contributed by atoms with E-state index in [1.165, 1.54) is 19.3 Å². The lowest BCUT2D eigenvalue weighted by atomic mass is 9.79. The number of carboxylic acid groups (broad SMARTS) is 1. The number of nitrogens with one attached hydrogen (secondary N) is 1. The molecular formula is C13H23NO3. The summed E-state index contributed by atoms with van der Waals surface area (Å²) in [5.74, 6) is -0.248. The molecule has 1 fully saturated rings. The molecule has 0 aliphatic heterocycles. The fourth-order valence-corrected chi connectivity index (χ4v) is 2.51. The number of hydrogen-bond donors (Lipinski definition) is 2. The first-order chi connectivity index (χ1) is 8.13. The predicted octanol–water partition coefficient (Wildman–Crippen LogP) is 2.18. The van der Waals surface area contributed by atoms with Gasteiger partial charge in [-0.15, -0.1) is 0 Å². The summed E-state index contributed by atoms with van der Waals surface area (Å²) in [6, 6.07) is 0. The van der Waals surface area contributed by atoms with Gasteiger partial charge in [-0.1, -0.05) is 26.2 Å². The molecule has 1 aliphatic rings. The van der Waals surface area contributed by atoms with E-state index in [1.54, 1.807) is 0 Å². The van der Waals surface area contributed by atoms with Gasteiger partial charge in [0.15, 0.2) is 0 Å². The molecule has 0 saturated heterocycles. The van der Waals surface area contributed by atoms with Crippen LogP contribution in [0.5, 0.6) is 0 Å². The van der Waals surface area contributed by atoms with Crippen molar-refractivity contribution in [3.63, 3.8) is 0 Å². The van der Waals surface area contributed by atoms with Crippen molar-refractivity contribution in [2.24, 2.45) is 11.8 Å². The van der Waals surface area contributed by atoms with Gasteiger partial charge in [0.25, 0.3) is 0 Å². The molecular weight excluding hydrogens is 218 g/mol. The van der Waals surface area contributed by atoms with E-state index < -0.39 is 5.97 Å². The highest BCUT2D eigenvalue weighted by atomic mass is 16.4. The SMILES string of the molecule is CCCCC1CCC(C(=O)NCC(=O)O)CC1. The van der Waals surface area contributed by atoms with Gasteiger partial charge in [0.1, 0.15) is 6.54 Å². The molecule has 98 valence electrons. The molecule has 1 rings (SSSR count). The van der Waals surface area contributed by atoms with Gasteiger partial charge in [0.05, 0.1) is 0 Å². The van der Waals surface area contributed by atoms with E-state index in [0.29, 0.717) is 0 Å². The normalized spacial score (nSPS) is 24.3. The van der Waals surface area contributed by atoms with E-state index >= 15 is 0 Å². The van der Waals surface area contributed by atoms with Crippen LogP contribution >= 0.6 is 0 Å². The van der Waals surface area contributed by atoms with Crippen molar-refractivity contribution in [3.8, 4) is 0 Å². The van der Waals surface area contributed by atoms with Crippen LogP contribution in [0.2, 0.25) is 0 Å². The largest absolute Gasteiger partial charge is 0.480 e. The Balaban J connectivity index is 2.21. The van der Waals surface area contributed by atoms with Crippen LogP contribution in [0.15, 0.2) is 0 Å². The molecule has 0 aromatic carbocycles. The number of unbranched alkanes of at least 4 members (excludes halogenated alkanes) is 1. The van der Waals surface area contributed by atoms with Crippen LogP contribution in [-0.2, 0) is 9.59 Å². The van der Waals surface area contributed by atoms with Crippen LogP contribution in [-0.4, -0.2) is 23.5 Å². The molecule has 0 spiro atoms. The Hall–Kier alpha value is -1.06. The summed E-state index contributed by atoms with van der Waals surface area (Å²) in [5.41, 5.74) is 0. The molecule has 1 saturated carbocycles. The number of rotatable bonds is 6. The molecule has 0 unspecified atom stereocenters. The third-order valence-corrected chi connectivity index (χ3v) is 3.60. The Bertz CT molecular complexity index is 257. The minimum Gasteiger partial charge on any atom is -0.480 e. The maximum atomic E-state index is 11.6. The Labute approximate surface area is 103 Å². The molecule has 1 amide bonds. The van der Waals surface area contributed by atoms with E-state index in [1.807, 2.05) is 0 Å². The maximum absolute atomic E-state index is 11.6. The molecule has 0 bridgehead atoms. The van der Waals surface area contributed by atoms with Crippen molar-refractivity contribution in [1.29, 1.82) is 0 Å². The average molecular weight is 241 g/mol. The van der Waals surface area contributed by atoms with Crippen LogP contribution in [0.3, 0.4) is 0 Å². The summed E-state index contributed by atoms with van der Waals surface area (Å²) in [6.45, 7) is 1.94. The molecule has 2 N–H and O–H groups in total. The lowest BCUT2D eigenvalue weighted by Crippen LogP contribution is -2.36. The van der Waals surface area contributed by atoms with Crippen LogP contribution in [0, 0.1) is 11.8 Å². The smallest absolute Gasteiger partial charge is 0.322 e. The first-order valence-corrected chi connectivity index (χ1v) is 6.63. The average Bonchev–Trinajstić information content (AvgIpc) is 2.34. The van der Waals surface area contributed by atoms with Crippen molar-refractivity contribution in [1.82, 2.24) is 5.32 Å². The topological polar surface area (TPSA) is 66.4 Å². The third kappa shape index (κ3) is 5.20. The minimum atomic E-state index is -0.977. The highest BCUT2D eigenvalue weighted by molar-refractivity contribution is 5.82. The first-order valence-electron chi connectivity index (χ1n) is 6.63. The molecule has 0 radical (unpaired) electrons. The fraction of sp³-hybridized carbons (Fsp3) is 0.846. The van der Waals surface area contributed by atoms with E-state index in [2.05, 4.69) is 12.2 Å². The van der Waals surface area contributed by atoms with Crippen LogP contribution < -0.4 is 5.32 Å². The van der Waals surface area contributed by atoms with Crippen molar-refractivity contribution >= 4 is 11.9 Å². The Morgan fingerprint density at radius 2 is 1.88 bits per heavy atom. The third-order valence-electron chi connectivity index (χ3n) is 3.60. The monoisotopic (exact) mass is 241 g/mol. The van der Waals surface area contributed by atoms with Gasteiger partial charge in [-0.05, 0) is 31.6 Å². The summed E-state index contributed by atoms with van der Waals surface area (Å²) in [5, 5.41) is 11.0. The number of carbonyl (C=O) groups excluding carboxylic acids is 1. The second-order valence-electron chi connectivity index (χ2n) is 4.97. The zero-order valence-corrected chi connectivity index (χ0v) is 10.6. The number of aliphatic carboxylic acids is 1. The number of amides is 1. The van der Waals surface area contributed by atoms with Crippen molar-refractivity contribution in [2.75, 3.05) is 6.54 Å². The standard InChI is InChI=1S/C13H23NO3/c1-2-3-4-10-5-7-11(8-6-10)13(17)14-9-12(15)16/h10-11H,2-9H2,1H3,(H,14,17)(H,15,16). The van der Waals surface area contributed by atoms with Crippen LogP contribution in [0.4, 0.5) is 0 Å². The van der Waals surface area contributed by atoms with Gasteiger partial charge in [-0.2, -0.15) is 0 Å². The van der Waals surface area contributed by atoms with Gasteiger partial charge in [-0.3, -0.25) is 9.59 Å². The number of hydrogen-bond acceptors (Lipinski definition) is 2. The summed E-state index contributed by atoms with van der Waals surface area (Å²) in [4.78, 5) is 22.0. The highest BCUT2D eigenvalue weighted by Crippen LogP contribution is 2.31. The lowest BCUT2D eigenvalue weighted by molar-refractivity contribution is -0.138. The van der Waals surface area contributed by atoms with E-state index in [4.69, 9.17) is 5.11 Å². The Morgan fingerprint density at radius 1 is 1.24 bits per heavy atom. The van der Waals surface area contributed by atoms with Crippen molar-refractivity contribution < 1.29 is 14.7 Å². The Morgan fingerprint density at radius 3 is 2.41 bits per heavy atom. The van der Waals surface area contributed by atoms with Gasteiger partial charge in [0, 0.05) is 5.92 Å². The number of carboxylic acids is 1. The summed E-state index contributed by atoms with van der Waals surface area (Å²) in [6.07, 6.45) is 7.86. The second kappa shape index (κ2) is 7.30. The van der Waals surface area contributed by atoms with Crippen molar-refractivity contribution in [3.05, 3.63) is 0 Å². The highest BCUT2D eigenvalue weighted by Gasteiger charge is 2.25. The first kappa shape index (κ1) is 14.0. The van der Waals surface area contributed by atoms with Gasteiger partial charge in [0.2, 0.25) is 5.91 Å². The molecule has 1 aliphatic carbocycles. The zero-order valence-electron chi connectivity index (χ0n) is 10.6. The van der Waals surface area contributed by atoms with E-state index in [-0.39, 0.29) is 18.4 Å². The molecule has 0 aromatic heterocycles. The molecule has 4 heteroatoms. The molecule has 0 aromatic rings. The van der Waals surface area contributed by atoms with Gasteiger partial charge < -0.3 is 10.4 Å². The van der Waals surface area contributed by atoms with Crippen LogP contribution in [0.25, 0.3) is 0 Å². The molecule has 17 heavy (non-hydrogen) atoms. The molecule has 0 heterocycles. The lowest BCUT2D eigenvalue weighted by Gasteiger charge is -2.27. The van der Waals surface area contributed by atoms with Gasteiger partial charge >= 0.3 is 5.97 Å². The molecule has 0 atom stereocenters. The predicted molar refractivity (Wildman–Crippen MR) is 65.6 cm³/mol. The maximum Gasteiger partial charge on any atom is 0.322 e. The Kier molecular flexibility index (Phi) is 6.01. The molecule has 4 nitrogen and oxygen atoms in total. The summed E-state index contributed by atoms with van der Waals surface area (Å²) < 4.78 is 0. The summed E-state index contributed by atoms with van der Waals surface area (Å²) in [7, 11) is 0. The van der Waals surface area contributed by atoms with Crippen LogP contribution in [0.1, 0.15) is 51.9 Å². The van der Waals surface area contributed by atoms with Gasteiger partial charge in [-0.25, -0.2) is 0 Å². The van der Waals surface area contributed by atoms with E-state index in [0.717, 1.165) is 31.6 Å². The quantitative estimate of drug-likeness (QED) is 0.749. The van der Waals surface area contributed by atoms with Crippen molar-refractivity contribution in [2.45, 2.75) is 51.9 Å². The fourth-order valence-electron chi connectivity index (χ4n) is 2.51. The van der Waals surface area contributed by atoms with E-state index in [9.17, 15) is 9.59 Å².